The number of hydroxylamine groups is 2. The fraction of sp³-hybridized carbons (Fsp3) is 0.652. The van der Waals surface area contributed by atoms with E-state index in [4.69, 9.17) is 9.57 Å². The highest BCUT2D eigenvalue weighted by atomic mass is 16.7. The lowest BCUT2D eigenvalue weighted by Gasteiger charge is -2.29. The fourth-order valence-corrected chi connectivity index (χ4v) is 2.85. The first-order chi connectivity index (χ1) is 15.8. The zero-order valence-electron chi connectivity index (χ0n) is 20.5. The molecule has 0 aromatic carbocycles. The van der Waals surface area contributed by atoms with Gasteiger partial charge < -0.3 is 19.7 Å². The van der Waals surface area contributed by atoms with Crippen molar-refractivity contribution in [2.24, 2.45) is 5.41 Å². The summed E-state index contributed by atoms with van der Waals surface area (Å²) in [5, 5.41) is 3.58. The van der Waals surface area contributed by atoms with Gasteiger partial charge in [-0.25, -0.2) is 4.79 Å². The standard InChI is InChI=1S/C23H35N3O8/c1-22(2,21(32)34-25(5)18(29)7-6-15-27)12-16-33-23(3,4)11-13-24-17(28)10-14-26-19(30)8-9-20(26)31/h8-9,15H,6-7,10-14,16H2,1-5H3,(H,24,28). The molecule has 0 radical (unpaired) electrons. The Morgan fingerprint density at radius 1 is 1.06 bits per heavy atom. The van der Waals surface area contributed by atoms with Crippen LogP contribution in [0.3, 0.4) is 0 Å². The molecule has 0 saturated carbocycles. The van der Waals surface area contributed by atoms with E-state index in [1.54, 1.807) is 13.8 Å². The lowest BCUT2D eigenvalue weighted by molar-refractivity contribution is -0.201. The summed E-state index contributed by atoms with van der Waals surface area (Å²) in [6.45, 7) is 7.69. The van der Waals surface area contributed by atoms with Gasteiger partial charge in [0.25, 0.3) is 17.7 Å². The van der Waals surface area contributed by atoms with Crippen LogP contribution in [0.5, 0.6) is 0 Å². The van der Waals surface area contributed by atoms with Crippen LogP contribution in [0.4, 0.5) is 0 Å². The predicted octanol–water partition coefficient (Wildman–Crippen LogP) is 0.915. The van der Waals surface area contributed by atoms with Crippen molar-refractivity contribution in [2.45, 2.75) is 65.4 Å². The second kappa shape index (κ2) is 13.0. The van der Waals surface area contributed by atoms with Gasteiger partial charge in [0, 0.05) is 58.2 Å². The number of hydrogen-bond donors (Lipinski definition) is 1. The first-order valence-corrected chi connectivity index (χ1v) is 11.2. The van der Waals surface area contributed by atoms with Crippen molar-refractivity contribution < 1.29 is 38.3 Å². The Bertz CT molecular complexity index is 801. The zero-order chi connectivity index (χ0) is 25.9. The minimum absolute atomic E-state index is 0.0167. The summed E-state index contributed by atoms with van der Waals surface area (Å²) < 4.78 is 5.89. The lowest BCUT2D eigenvalue weighted by atomic mass is 9.90. The zero-order valence-corrected chi connectivity index (χ0v) is 20.5. The highest BCUT2D eigenvalue weighted by molar-refractivity contribution is 6.13. The predicted molar refractivity (Wildman–Crippen MR) is 121 cm³/mol. The van der Waals surface area contributed by atoms with Gasteiger partial charge in [-0.1, -0.05) is 0 Å². The third kappa shape index (κ3) is 9.82. The van der Waals surface area contributed by atoms with Crippen molar-refractivity contribution in [3.05, 3.63) is 12.2 Å². The van der Waals surface area contributed by atoms with Crippen molar-refractivity contribution >= 4 is 35.9 Å². The molecule has 1 rings (SSSR count). The number of nitrogens with zero attached hydrogens (tertiary/aromatic N) is 2. The van der Waals surface area contributed by atoms with Crippen molar-refractivity contribution in [2.75, 3.05) is 26.7 Å². The highest BCUT2D eigenvalue weighted by Gasteiger charge is 2.32. The lowest BCUT2D eigenvalue weighted by Crippen LogP contribution is -2.38. The average molecular weight is 482 g/mol. The van der Waals surface area contributed by atoms with E-state index in [0.717, 1.165) is 9.96 Å². The number of ether oxygens (including phenoxy) is 1. The van der Waals surface area contributed by atoms with Crippen LogP contribution in [0, 0.1) is 5.41 Å². The first kappa shape index (κ1) is 29.0. The van der Waals surface area contributed by atoms with Crippen LogP contribution in [0.15, 0.2) is 12.2 Å². The molecule has 190 valence electrons. The molecule has 1 aliphatic rings. The van der Waals surface area contributed by atoms with Crippen LogP contribution in [-0.4, -0.2) is 78.2 Å². The smallest absolute Gasteiger partial charge is 0.338 e. The summed E-state index contributed by atoms with van der Waals surface area (Å²) in [5.74, 6) is -2.18. The Morgan fingerprint density at radius 3 is 2.26 bits per heavy atom. The molecule has 0 atom stereocenters. The Balaban J connectivity index is 2.32. The van der Waals surface area contributed by atoms with Gasteiger partial charge in [0.05, 0.1) is 11.0 Å². The van der Waals surface area contributed by atoms with E-state index in [0.29, 0.717) is 25.7 Å². The molecule has 0 fully saturated rings. The average Bonchev–Trinajstić information content (AvgIpc) is 3.07. The summed E-state index contributed by atoms with van der Waals surface area (Å²) >= 11 is 0. The Hall–Kier alpha value is -3.08. The van der Waals surface area contributed by atoms with Gasteiger partial charge in [-0.3, -0.25) is 24.1 Å². The number of amides is 4. The van der Waals surface area contributed by atoms with E-state index in [9.17, 15) is 28.8 Å². The molecule has 34 heavy (non-hydrogen) atoms. The number of carbonyl (C=O) groups excluding carboxylic acids is 6. The molecule has 0 unspecified atom stereocenters. The molecule has 0 bridgehead atoms. The van der Waals surface area contributed by atoms with Crippen molar-refractivity contribution in [3.63, 3.8) is 0 Å². The van der Waals surface area contributed by atoms with E-state index >= 15 is 0 Å². The van der Waals surface area contributed by atoms with Crippen molar-refractivity contribution in [1.82, 2.24) is 15.3 Å². The van der Waals surface area contributed by atoms with Crippen LogP contribution >= 0.6 is 0 Å². The van der Waals surface area contributed by atoms with E-state index in [-0.39, 0.29) is 38.3 Å². The van der Waals surface area contributed by atoms with E-state index < -0.39 is 34.7 Å². The highest BCUT2D eigenvalue weighted by Crippen LogP contribution is 2.25. The maximum Gasteiger partial charge on any atom is 0.338 e. The van der Waals surface area contributed by atoms with E-state index in [2.05, 4.69) is 5.32 Å². The number of nitrogens with one attached hydrogen (secondary N) is 1. The third-order valence-electron chi connectivity index (χ3n) is 5.33. The van der Waals surface area contributed by atoms with E-state index in [1.807, 2.05) is 13.8 Å². The number of imide groups is 1. The summed E-state index contributed by atoms with van der Waals surface area (Å²) in [4.78, 5) is 75.7. The maximum absolute atomic E-state index is 12.4. The van der Waals surface area contributed by atoms with Gasteiger partial charge in [-0.05, 0) is 40.5 Å². The first-order valence-electron chi connectivity index (χ1n) is 11.2. The molecule has 1 heterocycles. The Labute approximate surface area is 199 Å². The third-order valence-corrected chi connectivity index (χ3v) is 5.33. The van der Waals surface area contributed by atoms with Crippen LogP contribution in [0.25, 0.3) is 0 Å². The van der Waals surface area contributed by atoms with Crippen LogP contribution in [-0.2, 0) is 38.3 Å². The Morgan fingerprint density at radius 2 is 1.68 bits per heavy atom. The SMILES string of the molecule is CN(OC(=O)C(C)(C)CCOC(C)(C)CCNC(=O)CCN1C(=O)C=CC1=O)C(=O)CCC=O. The van der Waals surface area contributed by atoms with E-state index in [1.165, 1.54) is 19.2 Å². The molecule has 11 heteroatoms. The van der Waals surface area contributed by atoms with Crippen molar-refractivity contribution in [3.8, 4) is 0 Å². The maximum atomic E-state index is 12.4. The second-order valence-electron chi connectivity index (χ2n) is 9.23. The summed E-state index contributed by atoms with van der Waals surface area (Å²) in [7, 11) is 1.33. The van der Waals surface area contributed by atoms with Crippen LogP contribution < -0.4 is 5.32 Å². The molecule has 0 aromatic heterocycles. The number of hydrogen-bond acceptors (Lipinski definition) is 8. The second-order valence-corrected chi connectivity index (χ2v) is 9.23. The fourth-order valence-electron chi connectivity index (χ4n) is 2.85. The van der Waals surface area contributed by atoms with Gasteiger partial charge in [0.1, 0.15) is 6.29 Å². The summed E-state index contributed by atoms with van der Waals surface area (Å²) in [5.41, 5.74) is -1.50. The molecular weight excluding hydrogens is 446 g/mol. The molecule has 0 saturated heterocycles. The minimum Gasteiger partial charge on any atom is -0.375 e. The van der Waals surface area contributed by atoms with Gasteiger partial charge in [0.15, 0.2) is 0 Å². The van der Waals surface area contributed by atoms with Gasteiger partial charge in [-0.2, -0.15) is 5.06 Å². The molecule has 1 N–H and O–H groups in total. The van der Waals surface area contributed by atoms with Gasteiger partial charge in [0.2, 0.25) is 5.91 Å². The van der Waals surface area contributed by atoms with Crippen LogP contribution in [0.1, 0.15) is 59.8 Å². The topological polar surface area (TPSA) is 139 Å². The normalized spacial score (nSPS) is 13.7. The largest absolute Gasteiger partial charge is 0.375 e. The molecule has 4 amide bonds. The molecule has 0 spiro atoms. The van der Waals surface area contributed by atoms with Crippen LogP contribution in [0.2, 0.25) is 0 Å². The number of carbonyl (C=O) groups is 6. The molecular formula is C23H35N3O8. The quantitative estimate of drug-likeness (QED) is 0.219. The Kier molecular flexibility index (Phi) is 11.0. The van der Waals surface area contributed by atoms with Gasteiger partial charge >= 0.3 is 5.97 Å². The monoisotopic (exact) mass is 481 g/mol. The number of rotatable bonds is 14. The van der Waals surface area contributed by atoms with Crippen molar-refractivity contribution in [1.29, 1.82) is 0 Å². The summed E-state index contributed by atoms with van der Waals surface area (Å²) in [6.07, 6.45) is 3.85. The summed E-state index contributed by atoms with van der Waals surface area (Å²) in [6, 6.07) is 0. The minimum atomic E-state index is -0.914. The molecule has 0 aliphatic carbocycles. The van der Waals surface area contributed by atoms with Gasteiger partial charge in [-0.15, -0.1) is 0 Å². The molecule has 0 aromatic rings. The molecule has 1 aliphatic heterocycles. The molecule has 11 nitrogen and oxygen atoms in total. The number of aldehydes is 1.